The number of nitrogens with one attached hydrogen (secondary N) is 1. The summed E-state index contributed by atoms with van der Waals surface area (Å²) in [6.07, 6.45) is 7.14. The Balaban J connectivity index is 1.57. The molecule has 2 N–H and O–H groups in total. The second kappa shape index (κ2) is 6.59. The van der Waals surface area contributed by atoms with E-state index in [1.807, 2.05) is 0 Å². The van der Waals surface area contributed by atoms with Crippen molar-refractivity contribution >= 4 is 5.69 Å². The first-order valence-corrected chi connectivity index (χ1v) is 8.05. The highest BCUT2D eigenvalue weighted by Crippen LogP contribution is 2.28. The maximum atomic E-state index is 8.92. The van der Waals surface area contributed by atoms with E-state index in [1.165, 1.54) is 50.0 Å². The highest BCUT2D eigenvalue weighted by molar-refractivity contribution is 5.46. The van der Waals surface area contributed by atoms with Gasteiger partial charge in [0.25, 0.3) is 0 Å². The van der Waals surface area contributed by atoms with Gasteiger partial charge in [-0.2, -0.15) is 0 Å². The molecule has 0 spiro atoms. The topological polar surface area (TPSA) is 35.5 Å². The molecule has 0 bridgehead atoms. The van der Waals surface area contributed by atoms with Crippen LogP contribution in [0.15, 0.2) is 24.3 Å². The first kappa shape index (κ1) is 13.9. The number of nitrogens with zero attached hydrogens (tertiary/aromatic N) is 1. The molecule has 2 atom stereocenters. The Morgan fingerprint density at radius 2 is 2.20 bits per heavy atom. The molecule has 2 unspecified atom stereocenters. The predicted octanol–water partition coefficient (Wildman–Crippen LogP) is 2.65. The van der Waals surface area contributed by atoms with Gasteiger partial charge >= 0.3 is 0 Å². The zero-order valence-electron chi connectivity index (χ0n) is 12.2. The summed E-state index contributed by atoms with van der Waals surface area (Å²) in [5, 5.41) is 12.6. The van der Waals surface area contributed by atoms with Gasteiger partial charge < -0.3 is 15.3 Å². The Hall–Kier alpha value is -1.06. The van der Waals surface area contributed by atoms with E-state index in [9.17, 15) is 0 Å². The fourth-order valence-corrected chi connectivity index (χ4v) is 3.69. The highest BCUT2D eigenvalue weighted by Gasteiger charge is 2.31. The van der Waals surface area contributed by atoms with Gasteiger partial charge in [-0.25, -0.2) is 0 Å². The van der Waals surface area contributed by atoms with Crippen molar-refractivity contribution < 1.29 is 5.11 Å². The van der Waals surface area contributed by atoms with Gasteiger partial charge in [-0.3, -0.25) is 0 Å². The number of fused-ring (bicyclic) bond motifs is 1. The molecular formula is C17H26N2O. The summed E-state index contributed by atoms with van der Waals surface area (Å²) in [5.41, 5.74) is 2.57. The van der Waals surface area contributed by atoms with Crippen molar-refractivity contribution in [2.75, 3.05) is 25.0 Å². The number of anilines is 1. The van der Waals surface area contributed by atoms with E-state index in [0.29, 0.717) is 6.04 Å². The van der Waals surface area contributed by atoms with Crippen LogP contribution in [0.2, 0.25) is 0 Å². The Kier molecular flexibility index (Phi) is 4.58. The van der Waals surface area contributed by atoms with Gasteiger partial charge in [0.2, 0.25) is 0 Å². The molecule has 2 aliphatic rings. The van der Waals surface area contributed by atoms with Gasteiger partial charge in [0, 0.05) is 30.9 Å². The Labute approximate surface area is 122 Å². The molecule has 2 heterocycles. The van der Waals surface area contributed by atoms with Crippen LogP contribution in [0.4, 0.5) is 5.69 Å². The van der Waals surface area contributed by atoms with E-state index in [-0.39, 0.29) is 6.61 Å². The number of benzene rings is 1. The van der Waals surface area contributed by atoms with E-state index in [0.717, 1.165) is 18.9 Å². The van der Waals surface area contributed by atoms with Crippen LogP contribution in [0, 0.1) is 0 Å². The third-order valence-electron chi connectivity index (χ3n) is 4.74. The molecule has 20 heavy (non-hydrogen) atoms. The van der Waals surface area contributed by atoms with Crippen molar-refractivity contribution in [3.8, 4) is 0 Å². The summed E-state index contributed by atoms with van der Waals surface area (Å²) in [4.78, 5) is 2.66. The minimum atomic E-state index is 0.276. The van der Waals surface area contributed by atoms with Gasteiger partial charge in [-0.1, -0.05) is 12.1 Å². The molecule has 0 saturated carbocycles. The largest absolute Gasteiger partial charge is 0.396 e. The van der Waals surface area contributed by atoms with E-state index >= 15 is 0 Å². The molecule has 0 aliphatic carbocycles. The van der Waals surface area contributed by atoms with Crippen LogP contribution in [0.1, 0.15) is 37.7 Å². The predicted molar refractivity (Wildman–Crippen MR) is 83.1 cm³/mol. The number of aliphatic hydroxyl groups is 1. The van der Waals surface area contributed by atoms with Crippen LogP contribution in [0.25, 0.3) is 0 Å². The molecule has 2 aliphatic heterocycles. The molecule has 110 valence electrons. The third-order valence-corrected chi connectivity index (χ3v) is 4.74. The first-order valence-electron chi connectivity index (χ1n) is 8.05. The molecule has 0 radical (unpaired) electrons. The van der Waals surface area contributed by atoms with Crippen molar-refractivity contribution in [2.24, 2.45) is 0 Å². The second-order valence-electron chi connectivity index (χ2n) is 6.23. The van der Waals surface area contributed by atoms with Crippen LogP contribution in [0.5, 0.6) is 0 Å². The second-order valence-corrected chi connectivity index (χ2v) is 6.23. The summed E-state index contributed by atoms with van der Waals surface area (Å²) >= 11 is 0. The highest BCUT2D eigenvalue weighted by atomic mass is 16.2. The van der Waals surface area contributed by atoms with Crippen molar-refractivity contribution in [2.45, 2.75) is 50.6 Å². The molecule has 0 amide bonds. The quantitative estimate of drug-likeness (QED) is 0.866. The average Bonchev–Trinajstić information content (AvgIpc) is 2.93. The van der Waals surface area contributed by atoms with Crippen LogP contribution >= 0.6 is 0 Å². The lowest BCUT2D eigenvalue weighted by molar-refractivity contribution is 0.188. The number of hydrogen-bond donors (Lipinski definition) is 2. The average molecular weight is 274 g/mol. The number of hydrogen-bond acceptors (Lipinski definition) is 3. The van der Waals surface area contributed by atoms with Gasteiger partial charge in [0.05, 0.1) is 0 Å². The van der Waals surface area contributed by atoms with Crippen molar-refractivity contribution in [3.63, 3.8) is 0 Å². The molecular weight excluding hydrogens is 248 g/mol. The summed E-state index contributed by atoms with van der Waals surface area (Å²) in [5.74, 6) is 0. The molecule has 3 nitrogen and oxygen atoms in total. The third kappa shape index (κ3) is 3.33. The molecule has 3 rings (SSSR count). The summed E-state index contributed by atoms with van der Waals surface area (Å²) in [6, 6.07) is 10.1. The van der Waals surface area contributed by atoms with Gasteiger partial charge in [-0.05, 0) is 62.8 Å². The number of piperidine rings is 1. The molecule has 1 aromatic rings. The fourth-order valence-electron chi connectivity index (χ4n) is 3.69. The smallest absolute Gasteiger partial charge is 0.0434 e. The van der Waals surface area contributed by atoms with Crippen molar-refractivity contribution in [3.05, 3.63) is 29.8 Å². The van der Waals surface area contributed by atoms with Crippen LogP contribution in [-0.2, 0) is 6.42 Å². The number of aryl methyl sites for hydroxylation is 1. The lowest BCUT2D eigenvalue weighted by atomic mass is 9.97. The SMILES string of the molecule is OCCCc1cccc(NC2CCN3CCCC3C2)c1. The standard InChI is InChI=1S/C17H26N2O/c20-11-3-5-14-4-1-6-15(12-14)18-16-8-10-19-9-2-7-17(19)13-16/h1,4,6,12,16-18,20H,2-3,5,7-11,13H2. The number of aliphatic hydroxyl groups excluding tert-OH is 1. The Morgan fingerprint density at radius 1 is 1.25 bits per heavy atom. The molecule has 3 heteroatoms. The normalized spacial score (nSPS) is 26.4. The van der Waals surface area contributed by atoms with Crippen LogP contribution < -0.4 is 5.32 Å². The molecule has 1 aromatic carbocycles. The number of rotatable bonds is 5. The maximum absolute atomic E-state index is 8.92. The minimum absolute atomic E-state index is 0.276. The molecule has 0 aromatic heterocycles. The van der Waals surface area contributed by atoms with Crippen molar-refractivity contribution in [1.82, 2.24) is 4.90 Å². The summed E-state index contributed by atoms with van der Waals surface area (Å²) < 4.78 is 0. The van der Waals surface area contributed by atoms with Gasteiger partial charge in [-0.15, -0.1) is 0 Å². The Morgan fingerprint density at radius 3 is 3.10 bits per heavy atom. The zero-order valence-corrected chi connectivity index (χ0v) is 12.2. The van der Waals surface area contributed by atoms with E-state index in [4.69, 9.17) is 5.11 Å². The van der Waals surface area contributed by atoms with E-state index < -0.39 is 0 Å². The van der Waals surface area contributed by atoms with Crippen LogP contribution in [0.3, 0.4) is 0 Å². The summed E-state index contributed by atoms with van der Waals surface area (Å²) in [6.45, 7) is 2.85. The van der Waals surface area contributed by atoms with E-state index in [1.54, 1.807) is 0 Å². The monoisotopic (exact) mass is 274 g/mol. The van der Waals surface area contributed by atoms with Gasteiger partial charge in [0.1, 0.15) is 0 Å². The fraction of sp³-hybridized carbons (Fsp3) is 0.647. The minimum Gasteiger partial charge on any atom is -0.396 e. The lowest BCUT2D eigenvalue weighted by Gasteiger charge is -2.35. The Bertz CT molecular complexity index is 435. The maximum Gasteiger partial charge on any atom is 0.0434 e. The van der Waals surface area contributed by atoms with Crippen LogP contribution in [-0.4, -0.2) is 41.8 Å². The van der Waals surface area contributed by atoms with Gasteiger partial charge in [0.15, 0.2) is 0 Å². The molecule has 2 fully saturated rings. The summed E-state index contributed by atoms with van der Waals surface area (Å²) in [7, 11) is 0. The zero-order chi connectivity index (χ0) is 13.8. The first-order chi connectivity index (χ1) is 9.85. The van der Waals surface area contributed by atoms with Crippen molar-refractivity contribution in [1.29, 1.82) is 0 Å². The lowest BCUT2D eigenvalue weighted by Crippen LogP contribution is -2.42. The van der Waals surface area contributed by atoms with E-state index in [2.05, 4.69) is 34.5 Å². The molecule has 2 saturated heterocycles.